The minimum absolute atomic E-state index is 0.135. The molecule has 0 aliphatic rings. The summed E-state index contributed by atoms with van der Waals surface area (Å²) in [6.07, 6.45) is 1.65. The summed E-state index contributed by atoms with van der Waals surface area (Å²) < 4.78 is 0. The monoisotopic (exact) mass is 186 g/mol. The van der Waals surface area contributed by atoms with Crippen molar-refractivity contribution in [1.29, 1.82) is 0 Å². The van der Waals surface area contributed by atoms with E-state index in [1.807, 2.05) is 7.05 Å². The van der Waals surface area contributed by atoms with Gasteiger partial charge in [0.15, 0.2) is 0 Å². The molecule has 0 atom stereocenters. The Bertz CT molecular complexity index is 155. The van der Waals surface area contributed by atoms with Crippen LogP contribution in [-0.4, -0.2) is 26.0 Å². The largest absolute Gasteiger partial charge is 0.356 e. The second kappa shape index (κ2) is 5.97. The van der Waals surface area contributed by atoms with Crippen LogP contribution in [0.25, 0.3) is 0 Å². The Labute approximate surface area is 81.3 Å². The quantitative estimate of drug-likeness (QED) is 0.653. The molecule has 3 heteroatoms. The van der Waals surface area contributed by atoms with Crippen LogP contribution in [0.2, 0.25) is 0 Å². The Morgan fingerprint density at radius 1 is 1.38 bits per heavy atom. The third-order valence-electron chi connectivity index (χ3n) is 2.32. The Kier molecular flexibility index (Phi) is 5.71. The fraction of sp³-hybridized carbons (Fsp3) is 0.900. The topological polar surface area (TPSA) is 41.1 Å². The van der Waals surface area contributed by atoms with Crippen LogP contribution in [0.1, 0.15) is 33.6 Å². The molecule has 0 bridgehead atoms. The zero-order valence-electron chi connectivity index (χ0n) is 9.24. The van der Waals surface area contributed by atoms with Crippen LogP contribution in [0.3, 0.4) is 0 Å². The summed E-state index contributed by atoms with van der Waals surface area (Å²) in [6, 6.07) is 0. The molecule has 0 saturated carbocycles. The Morgan fingerprint density at radius 3 is 2.46 bits per heavy atom. The predicted molar refractivity (Wildman–Crippen MR) is 55.6 cm³/mol. The highest BCUT2D eigenvalue weighted by Crippen LogP contribution is 2.17. The molecule has 0 aromatic rings. The zero-order chi connectivity index (χ0) is 10.3. The van der Waals surface area contributed by atoms with Crippen molar-refractivity contribution >= 4 is 5.91 Å². The smallest absolute Gasteiger partial charge is 0.221 e. The van der Waals surface area contributed by atoms with Crippen LogP contribution in [0.15, 0.2) is 0 Å². The highest BCUT2D eigenvalue weighted by molar-refractivity contribution is 5.76. The van der Waals surface area contributed by atoms with E-state index >= 15 is 0 Å². The van der Waals surface area contributed by atoms with Crippen molar-refractivity contribution in [3.63, 3.8) is 0 Å². The zero-order valence-corrected chi connectivity index (χ0v) is 9.24. The predicted octanol–water partition coefficient (Wildman–Crippen LogP) is 1.15. The maximum atomic E-state index is 11.2. The molecule has 2 N–H and O–H groups in total. The summed E-state index contributed by atoms with van der Waals surface area (Å²) in [5.41, 5.74) is 0.218. The van der Waals surface area contributed by atoms with E-state index in [0.29, 0.717) is 6.42 Å². The first-order valence-corrected chi connectivity index (χ1v) is 4.93. The third-order valence-corrected chi connectivity index (χ3v) is 2.32. The fourth-order valence-electron chi connectivity index (χ4n) is 0.790. The second-order valence-corrected chi connectivity index (χ2v) is 4.15. The molecule has 1 amide bonds. The second-order valence-electron chi connectivity index (χ2n) is 4.15. The average molecular weight is 186 g/mol. The Balaban J connectivity index is 3.57. The van der Waals surface area contributed by atoms with Crippen molar-refractivity contribution < 1.29 is 4.79 Å². The van der Waals surface area contributed by atoms with Crippen LogP contribution >= 0.6 is 0 Å². The minimum atomic E-state index is 0.135. The summed E-state index contributed by atoms with van der Waals surface area (Å²) in [7, 11) is 1.85. The maximum Gasteiger partial charge on any atom is 0.221 e. The van der Waals surface area contributed by atoms with Crippen molar-refractivity contribution in [3.05, 3.63) is 0 Å². The van der Waals surface area contributed by atoms with Crippen LogP contribution < -0.4 is 10.6 Å². The molecular formula is C10H22N2O. The number of carbonyl (C=O) groups excluding carboxylic acids is 1. The van der Waals surface area contributed by atoms with Crippen molar-refractivity contribution in [2.24, 2.45) is 5.41 Å². The molecule has 0 aliphatic carbocycles. The van der Waals surface area contributed by atoms with E-state index in [1.165, 1.54) is 0 Å². The molecule has 0 rings (SSSR count). The van der Waals surface area contributed by atoms with E-state index in [2.05, 4.69) is 31.4 Å². The first kappa shape index (κ1) is 12.4. The molecular weight excluding hydrogens is 164 g/mol. The van der Waals surface area contributed by atoms with Gasteiger partial charge in [-0.15, -0.1) is 0 Å². The van der Waals surface area contributed by atoms with Gasteiger partial charge in [-0.2, -0.15) is 0 Å². The van der Waals surface area contributed by atoms with Gasteiger partial charge in [0.25, 0.3) is 0 Å². The lowest BCUT2D eigenvalue weighted by Crippen LogP contribution is -2.34. The molecule has 0 aromatic carbocycles. The van der Waals surface area contributed by atoms with Gasteiger partial charge in [-0.25, -0.2) is 0 Å². The van der Waals surface area contributed by atoms with Gasteiger partial charge in [0.1, 0.15) is 0 Å². The minimum Gasteiger partial charge on any atom is -0.356 e. The summed E-state index contributed by atoms with van der Waals surface area (Å²) in [5.74, 6) is 0.135. The lowest BCUT2D eigenvalue weighted by atomic mass is 9.90. The fourth-order valence-corrected chi connectivity index (χ4v) is 0.790. The van der Waals surface area contributed by atoms with Crippen LogP contribution in [-0.2, 0) is 4.79 Å². The number of amides is 1. The number of hydrogen-bond donors (Lipinski definition) is 2. The highest BCUT2D eigenvalue weighted by Gasteiger charge is 2.15. The van der Waals surface area contributed by atoms with Gasteiger partial charge in [0.2, 0.25) is 5.91 Å². The average Bonchev–Trinajstić information content (AvgIpc) is 2.11. The van der Waals surface area contributed by atoms with E-state index in [1.54, 1.807) is 0 Å². The van der Waals surface area contributed by atoms with E-state index in [0.717, 1.165) is 19.5 Å². The molecule has 0 aromatic heterocycles. The third kappa shape index (κ3) is 6.58. The van der Waals surface area contributed by atoms with Crippen molar-refractivity contribution in [3.8, 4) is 0 Å². The van der Waals surface area contributed by atoms with Crippen LogP contribution in [0, 0.1) is 5.41 Å². The molecule has 0 radical (unpaired) electrons. The number of hydrogen-bond acceptors (Lipinski definition) is 2. The molecule has 3 nitrogen and oxygen atoms in total. The van der Waals surface area contributed by atoms with Crippen molar-refractivity contribution in [2.75, 3.05) is 20.1 Å². The van der Waals surface area contributed by atoms with Crippen LogP contribution in [0.5, 0.6) is 0 Å². The Hall–Kier alpha value is -0.570. The molecule has 0 spiro atoms. The van der Waals surface area contributed by atoms with E-state index in [4.69, 9.17) is 0 Å². The first-order valence-electron chi connectivity index (χ1n) is 4.93. The number of nitrogens with one attached hydrogen (secondary N) is 2. The van der Waals surface area contributed by atoms with E-state index in [-0.39, 0.29) is 11.3 Å². The molecule has 13 heavy (non-hydrogen) atoms. The van der Waals surface area contributed by atoms with Crippen LogP contribution in [0.4, 0.5) is 0 Å². The highest BCUT2D eigenvalue weighted by atomic mass is 16.1. The Morgan fingerprint density at radius 2 is 2.00 bits per heavy atom. The summed E-state index contributed by atoms with van der Waals surface area (Å²) in [6.45, 7) is 7.97. The van der Waals surface area contributed by atoms with Gasteiger partial charge in [-0.1, -0.05) is 20.8 Å². The van der Waals surface area contributed by atoms with E-state index < -0.39 is 0 Å². The first-order chi connectivity index (χ1) is 6.02. The lowest BCUT2D eigenvalue weighted by molar-refractivity contribution is -0.121. The molecule has 0 aliphatic heterocycles. The summed E-state index contributed by atoms with van der Waals surface area (Å²) in [4.78, 5) is 11.2. The van der Waals surface area contributed by atoms with Gasteiger partial charge >= 0.3 is 0 Å². The van der Waals surface area contributed by atoms with Gasteiger partial charge in [-0.05, 0) is 18.9 Å². The molecule has 0 fully saturated rings. The number of carbonyl (C=O) groups is 1. The standard InChI is InChI=1S/C10H22N2O/c1-5-10(2,3)8-12-9(13)6-7-11-4/h11H,5-8H2,1-4H3,(H,12,13). The van der Waals surface area contributed by atoms with Gasteiger partial charge in [-0.3, -0.25) is 4.79 Å². The van der Waals surface area contributed by atoms with E-state index in [9.17, 15) is 4.79 Å². The molecule has 0 saturated heterocycles. The van der Waals surface area contributed by atoms with Gasteiger partial charge in [0.05, 0.1) is 0 Å². The molecule has 0 unspecified atom stereocenters. The van der Waals surface area contributed by atoms with Gasteiger partial charge in [0, 0.05) is 19.5 Å². The van der Waals surface area contributed by atoms with Gasteiger partial charge < -0.3 is 10.6 Å². The maximum absolute atomic E-state index is 11.2. The SMILES string of the molecule is CCC(C)(C)CNC(=O)CCNC. The van der Waals surface area contributed by atoms with Crippen molar-refractivity contribution in [2.45, 2.75) is 33.6 Å². The normalized spacial score (nSPS) is 11.4. The number of rotatable bonds is 6. The summed E-state index contributed by atoms with van der Waals surface area (Å²) in [5, 5.41) is 5.88. The molecule has 0 heterocycles. The summed E-state index contributed by atoms with van der Waals surface area (Å²) >= 11 is 0. The lowest BCUT2D eigenvalue weighted by Gasteiger charge is -2.22. The molecule has 78 valence electrons. The van der Waals surface area contributed by atoms with Crippen molar-refractivity contribution in [1.82, 2.24) is 10.6 Å².